The molecule has 0 bridgehead atoms. The average Bonchev–Trinajstić information content (AvgIpc) is 3.08. The number of aromatic nitrogens is 3. The van der Waals surface area contributed by atoms with Crippen molar-refractivity contribution in [1.29, 1.82) is 0 Å². The van der Waals surface area contributed by atoms with E-state index in [0.29, 0.717) is 18.7 Å². The largest absolute Gasteiger partial charge is 0.497 e. The molecule has 25 heavy (non-hydrogen) atoms. The fourth-order valence-electron chi connectivity index (χ4n) is 2.91. The molecular weight excluding hydrogens is 431 g/mol. The summed E-state index contributed by atoms with van der Waals surface area (Å²) >= 11 is 2.25. The molecule has 1 amide bonds. The lowest BCUT2D eigenvalue weighted by Gasteiger charge is -2.26. The fraction of sp³-hybridized carbons (Fsp3) is 0.167. The number of benzene rings is 2. The van der Waals surface area contributed by atoms with Crippen molar-refractivity contribution in [3.05, 3.63) is 63.5 Å². The highest BCUT2D eigenvalue weighted by molar-refractivity contribution is 14.1. The third-order valence-corrected chi connectivity index (χ3v) is 4.93. The van der Waals surface area contributed by atoms with Gasteiger partial charge in [0.05, 0.1) is 18.5 Å². The van der Waals surface area contributed by atoms with Crippen LogP contribution in [0.4, 0.5) is 5.69 Å². The summed E-state index contributed by atoms with van der Waals surface area (Å²) in [4.78, 5) is 14.9. The number of amides is 1. The third kappa shape index (κ3) is 2.88. The van der Waals surface area contributed by atoms with E-state index in [1.807, 2.05) is 48.5 Å². The summed E-state index contributed by atoms with van der Waals surface area (Å²) in [5, 5.41) is 8.39. The molecule has 6 nitrogen and oxygen atoms in total. The van der Waals surface area contributed by atoms with Crippen molar-refractivity contribution < 1.29 is 9.53 Å². The number of carbonyl (C=O) groups excluding carboxylic acids is 1. The van der Waals surface area contributed by atoms with Crippen molar-refractivity contribution >= 4 is 34.2 Å². The van der Waals surface area contributed by atoms with Gasteiger partial charge in [-0.15, -0.1) is 5.10 Å². The highest BCUT2D eigenvalue weighted by Crippen LogP contribution is 2.26. The number of ether oxygens (including phenoxy) is 1. The normalized spacial score (nSPS) is 13.7. The number of fused-ring (bicyclic) bond motifs is 1. The first-order chi connectivity index (χ1) is 12.2. The maximum absolute atomic E-state index is 13.1. The van der Waals surface area contributed by atoms with E-state index in [0.717, 1.165) is 26.4 Å². The molecule has 126 valence electrons. The number of halogens is 1. The number of rotatable bonds is 3. The van der Waals surface area contributed by atoms with Crippen LogP contribution in [0.15, 0.2) is 48.5 Å². The summed E-state index contributed by atoms with van der Waals surface area (Å²) in [7, 11) is 1.62. The maximum Gasteiger partial charge on any atom is 0.278 e. The minimum absolute atomic E-state index is 0.0803. The van der Waals surface area contributed by atoms with E-state index in [1.165, 1.54) is 0 Å². The zero-order valence-corrected chi connectivity index (χ0v) is 15.7. The minimum atomic E-state index is -0.0803. The Labute approximate surface area is 158 Å². The molecule has 1 aliphatic rings. The van der Waals surface area contributed by atoms with Gasteiger partial charge in [-0.05, 0) is 71.1 Å². The highest BCUT2D eigenvalue weighted by Gasteiger charge is 2.31. The Bertz CT molecular complexity index is 919. The minimum Gasteiger partial charge on any atom is -0.497 e. The standard InChI is InChI=1S/C18H15IN4O2/c1-25-15-8-6-14(7-9-15)23-17-16(20-21-23)10-11-22(18(17)24)13-4-2-12(19)3-5-13/h2-9H,10-11H2,1H3. The Morgan fingerprint density at radius 2 is 1.72 bits per heavy atom. The summed E-state index contributed by atoms with van der Waals surface area (Å²) in [6.45, 7) is 0.605. The molecule has 0 saturated carbocycles. The molecule has 0 N–H and O–H groups in total. The molecule has 0 radical (unpaired) electrons. The molecule has 2 aromatic carbocycles. The summed E-state index contributed by atoms with van der Waals surface area (Å²) in [6, 6.07) is 15.3. The fourth-order valence-corrected chi connectivity index (χ4v) is 3.27. The molecular formula is C18H15IN4O2. The number of nitrogens with zero attached hydrogens (tertiary/aromatic N) is 4. The number of methoxy groups -OCH3 is 1. The van der Waals surface area contributed by atoms with Crippen LogP contribution in [0.5, 0.6) is 5.75 Å². The van der Waals surface area contributed by atoms with Crippen LogP contribution in [0.3, 0.4) is 0 Å². The smallest absolute Gasteiger partial charge is 0.278 e. The van der Waals surface area contributed by atoms with E-state index in [1.54, 1.807) is 16.7 Å². The topological polar surface area (TPSA) is 60.2 Å². The lowest BCUT2D eigenvalue weighted by Crippen LogP contribution is -2.38. The molecule has 1 aromatic heterocycles. The highest BCUT2D eigenvalue weighted by atomic mass is 127. The van der Waals surface area contributed by atoms with Crippen LogP contribution in [0.25, 0.3) is 5.69 Å². The summed E-state index contributed by atoms with van der Waals surface area (Å²) in [6.07, 6.45) is 0.684. The first-order valence-electron chi connectivity index (χ1n) is 7.84. The molecule has 0 atom stereocenters. The van der Waals surface area contributed by atoms with Crippen LogP contribution in [0, 0.1) is 3.57 Å². The molecule has 0 saturated heterocycles. The molecule has 2 heterocycles. The Hall–Kier alpha value is -2.42. The van der Waals surface area contributed by atoms with E-state index < -0.39 is 0 Å². The van der Waals surface area contributed by atoms with Crippen LogP contribution >= 0.6 is 22.6 Å². The molecule has 3 aromatic rings. The van der Waals surface area contributed by atoms with Crippen LogP contribution < -0.4 is 9.64 Å². The van der Waals surface area contributed by atoms with E-state index >= 15 is 0 Å². The number of hydrogen-bond donors (Lipinski definition) is 0. The van der Waals surface area contributed by atoms with E-state index in [2.05, 4.69) is 32.9 Å². The Morgan fingerprint density at radius 1 is 1.04 bits per heavy atom. The van der Waals surface area contributed by atoms with Crippen molar-refractivity contribution in [3.8, 4) is 11.4 Å². The van der Waals surface area contributed by atoms with Crippen LogP contribution in [0.1, 0.15) is 16.2 Å². The number of anilines is 1. The molecule has 0 unspecified atom stereocenters. The first-order valence-corrected chi connectivity index (χ1v) is 8.91. The van der Waals surface area contributed by atoms with Crippen molar-refractivity contribution in [3.63, 3.8) is 0 Å². The monoisotopic (exact) mass is 446 g/mol. The summed E-state index contributed by atoms with van der Waals surface area (Å²) in [5.41, 5.74) is 2.93. The van der Waals surface area contributed by atoms with Gasteiger partial charge >= 0.3 is 0 Å². The van der Waals surface area contributed by atoms with Gasteiger partial charge in [-0.1, -0.05) is 5.21 Å². The van der Waals surface area contributed by atoms with E-state index in [-0.39, 0.29) is 5.91 Å². The summed E-state index contributed by atoms with van der Waals surface area (Å²) < 4.78 is 7.93. The zero-order chi connectivity index (χ0) is 17.4. The predicted molar refractivity (Wildman–Crippen MR) is 102 cm³/mol. The van der Waals surface area contributed by atoms with Gasteiger partial charge < -0.3 is 9.64 Å². The molecule has 0 fully saturated rings. The van der Waals surface area contributed by atoms with Crippen LogP contribution in [-0.2, 0) is 6.42 Å². The lowest BCUT2D eigenvalue weighted by atomic mass is 10.1. The zero-order valence-electron chi connectivity index (χ0n) is 13.5. The lowest BCUT2D eigenvalue weighted by molar-refractivity contribution is 0.0973. The molecule has 0 aliphatic carbocycles. The molecule has 1 aliphatic heterocycles. The van der Waals surface area contributed by atoms with E-state index in [4.69, 9.17) is 4.74 Å². The molecule has 0 spiro atoms. The quantitative estimate of drug-likeness (QED) is 0.581. The average molecular weight is 446 g/mol. The Morgan fingerprint density at radius 3 is 2.40 bits per heavy atom. The first kappa shape index (κ1) is 16.1. The van der Waals surface area contributed by atoms with Crippen molar-refractivity contribution in [1.82, 2.24) is 15.0 Å². The number of carbonyl (C=O) groups is 1. The summed E-state index contributed by atoms with van der Waals surface area (Å²) in [5.74, 6) is 0.674. The van der Waals surface area contributed by atoms with Crippen molar-refractivity contribution in [2.45, 2.75) is 6.42 Å². The second kappa shape index (κ2) is 6.47. The van der Waals surface area contributed by atoms with Gasteiger partial charge in [0.1, 0.15) is 5.75 Å². The van der Waals surface area contributed by atoms with Crippen molar-refractivity contribution in [2.75, 3.05) is 18.6 Å². The SMILES string of the molecule is COc1ccc(-n2nnc3c2C(=O)N(c2ccc(I)cc2)CC3)cc1. The van der Waals surface area contributed by atoms with Gasteiger partial charge in [-0.25, -0.2) is 4.68 Å². The number of hydrogen-bond acceptors (Lipinski definition) is 4. The predicted octanol–water partition coefficient (Wildman–Crippen LogP) is 3.08. The Kier molecular flexibility index (Phi) is 4.16. The third-order valence-electron chi connectivity index (χ3n) is 4.22. The molecule has 4 rings (SSSR count). The second-order valence-corrected chi connectivity index (χ2v) is 6.92. The van der Waals surface area contributed by atoms with Gasteiger partial charge in [0.15, 0.2) is 5.69 Å². The second-order valence-electron chi connectivity index (χ2n) is 5.68. The van der Waals surface area contributed by atoms with Crippen LogP contribution in [-0.4, -0.2) is 34.6 Å². The van der Waals surface area contributed by atoms with Gasteiger partial charge in [-0.3, -0.25) is 4.79 Å². The van der Waals surface area contributed by atoms with Gasteiger partial charge in [-0.2, -0.15) is 0 Å². The van der Waals surface area contributed by atoms with Crippen LogP contribution in [0.2, 0.25) is 0 Å². The van der Waals surface area contributed by atoms with Gasteiger partial charge in [0.25, 0.3) is 5.91 Å². The van der Waals surface area contributed by atoms with Gasteiger partial charge in [0.2, 0.25) is 0 Å². The maximum atomic E-state index is 13.1. The Balaban J connectivity index is 1.72. The van der Waals surface area contributed by atoms with Gasteiger partial charge in [0, 0.05) is 22.2 Å². The molecule has 7 heteroatoms. The van der Waals surface area contributed by atoms with E-state index in [9.17, 15) is 4.79 Å². The van der Waals surface area contributed by atoms with Crippen molar-refractivity contribution in [2.24, 2.45) is 0 Å².